The summed E-state index contributed by atoms with van der Waals surface area (Å²) in [6, 6.07) is 8.59. The molecule has 0 spiro atoms. The highest BCUT2D eigenvalue weighted by molar-refractivity contribution is 5.97. The van der Waals surface area contributed by atoms with E-state index in [4.69, 9.17) is 0 Å². The number of urea groups is 1. The van der Waals surface area contributed by atoms with Gasteiger partial charge in [0.25, 0.3) is 5.91 Å². The summed E-state index contributed by atoms with van der Waals surface area (Å²) >= 11 is 0. The summed E-state index contributed by atoms with van der Waals surface area (Å²) in [5.74, 6) is -0.277. The first-order valence-electron chi connectivity index (χ1n) is 10.2. The van der Waals surface area contributed by atoms with Crippen molar-refractivity contribution in [3.8, 4) is 0 Å². The molecule has 2 fully saturated rings. The Morgan fingerprint density at radius 3 is 2.25 bits per heavy atom. The molecule has 3 rings (SSSR count). The number of hydrogen-bond donors (Lipinski definition) is 2. The third kappa shape index (κ3) is 5.32. The first kappa shape index (κ1) is 20.3. The highest BCUT2D eigenvalue weighted by Gasteiger charge is 2.29. The lowest BCUT2D eigenvalue weighted by Crippen LogP contribution is -2.56. The lowest BCUT2D eigenvalue weighted by atomic mass is 9.96. The van der Waals surface area contributed by atoms with E-state index in [2.05, 4.69) is 10.6 Å². The number of piperazine rings is 1. The number of rotatable bonds is 4. The van der Waals surface area contributed by atoms with E-state index in [1.807, 2.05) is 40.1 Å². The minimum atomic E-state index is -0.411. The lowest BCUT2D eigenvalue weighted by molar-refractivity contribution is -0.125. The van der Waals surface area contributed by atoms with Gasteiger partial charge >= 0.3 is 6.03 Å². The molecule has 28 heavy (non-hydrogen) atoms. The zero-order valence-corrected chi connectivity index (χ0v) is 16.5. The van der Waals surface area contributed by atoms with Crippen LogP contribution in [-0.2, 0) is 4.79 Å². The minimum absolute atomic E-state index is 0.0178. The molecule has 1 heterocycles. The van der Waals surface area contributed by atoms with Crippen molar-refractivity contribution >= 4 is 17.8 Å². The van der Waals surface area contributed by atoms with E-state index >= 15 is 0 Å². The van der Waals surface area contributed by atoms with E-state index in [0.29, 0.717) is 31.7 Å². The fourth-order valence-electron chi connectivity index (χ4n) is 3.93. The molecule has 0 bridgehead atoms. The fourth-order valence-corrected chi connectivity index (χ4v) is 3.93. The SMILES string of the molecule is C[C@@H](C(=O)NC(=O)NC1CCCCC1)N1CCN(C(=O)c2ccccc2)CC1. The largest absolute Gasteiger partial charge is 0.336 e. The molecule has 152 valence electrons. The van der Waals surface area contributed by atoms with Gasteiger partial charge in [-0.3, -0.25) is 19.8 Å². The number of amides is 4. The number of imide groups is 1. The van der Waals surface area contributed by atoms with Crippen LogP contribution in [0.4, 0.5) is 4.79 Å². The van der Waals surface area contributed by atoms with Crippen molar-refractivity contribution in [2.75, 3.05) is 26.2 Å². The topological polar surface area (TPSA) is 81.8 Å². The van der Waals surface area contributed by atoms with Crippen LogP contribution in [0.1, 0.15) is 49.4 Å². The molecular formula is C21H30N4O3. The molecule has 4 amide bonds. The van der Waals surface area contributed by atoms with E-state index in [1.165, 1.54) is 6.42 Å². The van der Waals surface area contributed by atoms with Crippen molar-refractivity contribution in [2.24, 2.45) is 0 Å². The monoisotopic (exact) mass is 386 g/mol. The van der Waals surface area contributed by atoms with Crippen molar-refractivity contribution < 1.29 is 14.4 Å². The highest BCUT2D eigenvalue weighted by Crippen LogP contribution is 2.17. The van der Waals surface area contributed by atoms with Gasteiger partial charge in [-0.25, -0.2) is 4.79 Å². The number of hydrogen-bond acceptors (Lipinski definition) is 4. The first-order valence-corrected chi connectivity index (χ1v) is 10.2. The van der Waals surface area contributed by atoms with Gasteiger partial charge < -0.3 is 10.2 Å². The van der Waals surface area contributed by atoms with Crippen LogP contribution in [0.25, 0.3) is 0 Å². The Kier molecular flexibility index (Phi) is 7.03. The smallest absolute Gasteiger partial charge is 0.321 e. The second-order valence-electron chi connectivity index (χ2n) is 7.67. The highest BCUT2D eigenvalue weighted by atomic mass is 16.2. The summed E-state index contributed by atoms with van der Waals surface area (Å²) in [7, 11) is 0. The molecule has 1 saturated carbocycles. The van der Waals surface area contributed by atoms with E-state index in [9.17, 15) is 14.4 Å². The van der Waals surface area contributed by atoms with Gasteiger partial charge in [-0.1, -0.05) is 37.5 Å². The van der Waals surface area contributed by atoms with E-state index in [0.717, 1.165) is 25.7 Å². The van der Waals surface area contributed by atoms with Gasteiger partial charge in [0.2, 0.25) is 5.91 Å². The number of carbonyl (C=O) groups is 3. The molecule has 1 aliphatic heterocycles. The van der Waals surface area contributed by atoms with Crippen LogP contribution in [0, 0.1) is 0 Å². The average Bonchev–Trinajstić information content (AvgIpc) is 2.74. The number of nitrogens with zero attached hydrogens (tertiary/aromatic N) is 2. The van der Waals surface area contributed by atoms with Crippen molar-refractivity contribution in [3.05, 3.63) is 35.9 Å². The molecule has 0 aromatic heterocycles. The minimum Gasteiger partial charge on any atom is -0.336 e. The van der Waals surface area contributed by atoms with E-state index in [-0.39, 0.29) is 17.9 Å². The van der Waals surface area contributed by atoms with Gasteiger partial charge in [0.1, 0.15) is 0 Å². The molecule has 0 radical (unpaired) electrons. The second-order valence-corrected chi connectivity index (χ2v) is 7.67. The molecule has 1 aromatic carbocycles. The van der Waals surface area contributed by atoms with Gasteiger partial charge in [0, 0.05) is 37.8 Å². The summed E-state index contributed by atoms with van der Waals surface area (Å²) < 4.78 is 0. The Labute approximate surface area is 166 Å². The van der Waals surface area contributed by atoms with E-state index < -0.39 is 12.1 Å². The summed E-state index contributed by atoms with van der Waals surface area (Å²) in [5, 5.41) is 5.38. The molecule has 7 nitrogen and oxygen atoms in total. The van der Waals surface area contributed by atoms with Crippen LogP contribution >= 0.6 is 0 Å². The molecule has 7 heteroatoms. The van der Waals surface area contributed by atoms with Crippen molar-refractivity contribution in [1.29, 1.82) is 0 Å². The summed E-state index contributed by atoms with van der Waals surface area (Å²) in [6.45, 7) is 4.16. The second kappa shape index (κ2) is 9.68. The van der Waals surface area contributed by atoms with Crippen LogP contribution in [-0.4, -0.2) is 65.9 Å². The molecule has 1 aromatic rings. The zero-order valence-electron chi connectivity index (χ0n) is 16.5. The molecular weight excluding hydrogens is 356 g/mol. The predicted molar refractivity (Wildman–Crippen MR) is 107 cm³/mol. The standard InChI is InChI=1S/C21H30N4O3/c1-16(19(26)23-21(28)22-18-10-6-3-7-11-18)24-12-14-25(15-13-24)20(27)17-8-4-2-5-9-17/h2,4-5,8-9,16,18H,3,6-7,10-15H2,1H3,(H2,22,23,26,28)/t16-/m0/s1. The molecule has 1 aliphatic carbocycles. The molecule has 1 saturated heterocycles. The van der Waals surface area contributed by atoms with Crippen LogP contribution in [0.5, 0.6) is 0 Å². The third-order valence-electron chi connectivity index (χ3n) is 5.73. The fraction of sp³-hybridized carbons (Fsp3) is 0.571. The molecule has 2 aliphatic rings. The van der Waals surface area contributed by atoms with Gasteiger partial charge in [-0.15, -0.1) is 0 Å². The normalized spacial score (nSPS) is 19.7. The average molecular weight is 386 g/mol. The van der Waals surface area contributed by atoms with Crippen LogP contribution < -0.4 is 10.6 Å². The van der Waals surface area contributed by atoms with Gasteiger partial charge in [0.05, 0.1) is 6.04 Å². The van der Waals surface area contributed by atoms with Crippen molar-refractivity contribution in [2.45, 2.75) is 51.1 Å². The first-order chi connectivity index (χ1) is 13.5. The Balaban J connectivity index is 1.43. The summed E-state index contributed by atoms with van der Waals surface area (Å²) in [6.07, 6.45) is 5.43. The van der Waals surface area contributed by atoms with Gasteiger partial charge in [-0.2, -0.15) is 0 Å². The summed E-state index contributed by atoms with van der Waals surface area (Å²) in [4.78, 5) is 40.9. The van der Waals surface area contributed by atoms with E-state index in [1.54, 1.807) is 6.92 Å². The van der Waals surface area contributed by atoms with Crippen molar-refractivity contribution in [1.82, 2.24) is 20.4 Å². The summed E-state index contributed by atoms with van der Waals surface area (Å²) in [5.41, 5.74) is 0.682. The van der Waals surface area contributed by atoms with Crippen molar-refractivity contribution in [3.63, 3.8) is 0 Å². The third-order valence-corrected chi connectivity index (χ3v) is 5.73. The molecule has 0 unspecified atom stereocenters. The number of carbonyl (C=O) groups excluding carboxylic acids is 3. The quantitative estimate of drug-likeness (QED) is 0.829. The maximum absolute atomic E-state index is 12.5. The number of benzene rings is 1. The molecule has 1 atom stereocenters. The Bertz CT molecular complexity index is 680. The number of nitrogens with one attached hydrogen (secondary N) is 2. The maximum atomic E-state index is 12.5. The Hall–Kier alpha value is -2.41. The van der Waals surface area contributed by atoms with Crippen LogP contribution in [0.2, 0.25) is 0 Å². The lowest BCUT2D eigenvalue weighted by Gasteiger charge is -2.37. The predicted octanol–water partition coefficient (Wildman–Crippen LogP) is 1.99. The molecule has 2 N–H and O–H groups in total. The van der Waals surface area contributed by atoms with Crippen LogP contribution in [0.15, 0.2) is 30.3 Å². The maximum Gasteiger partial charge on any atom is 0.321 e. The van der Waals surface area contributed by atoms with Gasteiger partial charge in [-0.05, 0) is 31.9 Å². The Morgan fingerprint density at radius 2 is 1.61 bits per heavy atom. The zero-order chi connectivity index (χ0) is 19.9. The van der Waals surface area contributed by atoms with Crippen LogP contribution in [0.3, 0.4) is 0 Å². The Morgan fingerprint density at radius 1 is 0.964 bits per heavy atom. The van der Waals surface area contributed by atoms with Gasteiger partial charge in [0.15, 0.2) is 0 Å².